The van der Waals surface area contributed by atoms with Gasteiger partial charge in [-0.1, -0.05) is 29.3 Å². The van der Waals surface area contributed by atoms with E-state index < -0.39 is 0 Å². The first-order valence-corrected chi connectivity index (χ1v) is 7.69. The van der Waals surface area contributed by atoms with Crippen LogP contribution in [0.4, 0.5) is 11.5 Å². The van der Waals surface area contributed by atoms with Crippen LogP contribution in [0.1, 0.15) is 10.5 Å². The lowest BCUT2D eigenvalue weighted by molar-refractivity contribution is 0.102. The maximum atomic E-state index is 12.3. The zero-order valence-corrected chi connectivity index (χ0v) is 14.3. The summed E-state index contributed by atoms with van der Waals surface area (Å²) in [6.45, 7) is 1.56. The highest BCUT2D eigenvalue weighted by molar-refractivity contribution is 6.44. The lowest BCUT2D eigenvalue weighted by Crippen LogP contribution is -2.21. The smallest absolute Gasteiger partial charge is 0.274 e. The van der Waals surface area contributed by atoms with Gasteiger partial charge < -0.3 is 15.5 Å². The van der Waals surface area contributed by atoms with Crippen molar-refractivity contribution in [2.45, 2.75) is 0 Å². The highest BCUT2D eigenvalue weighted by atomic mass is 35.5. The van der Waals surface area contributed by atoms with Gasteiger partial charge in [-0.15, -0.1) is 0 Å². The quantitative estimate of drug-likeness (QED) is 0.835. The molecule has 0 radical (unpaired) electrons. The summed E-state index contributed by atoms with van der Waals surface area (Å²) in [4.78, 5) is 22.4. The molecule has 122 valence electrons. The first kappa shape index (κ1) is 17.5. The van der Waals surface area contributed by atoms with Gasteiger partial charge in [0.2, 0.25) is 0 Å². The van der Waals surface area contributed by atoms with E-state index in [1.54, 1.807) is 24.3 Å². The van der Waals surface area contributed by atoms with Crippen molar-refractivity contribution in [1.82, 2.24) is 14.9 Å². The van der Waals surface area contributed by atoms with E-state index in [9.17, 15) is 4.79 Å². The van der Waals surface area contributed by atoms with E-state index in [0.717, 1.165) is 6.54 Å². The van der Waals surface area contributed by atoms with Crippen molar-refractivity contribution in [3.05, 3.63) is 46.3 Å². The molecule has 0 aliphatic carbocycles. The normalized spacial score (nSPS) is 10.7. The van der Waals surface area contributed by atoms with E-state index in [0.29, 0.717) is 28.1 Å². The zero-order valence-electron chi connectivity index (χ0n) is 12.8. The van der Waals surface area contributed by atoms with Crippen molar-refractivity contribution >= 4 is 40.6 Å². The third-order valence-corrected chi connectivity index (χ3v) is 3.78. The summed E-state index contributed by atoms with van der Waals surface area (Å²) in [6.07, 6.45) is 1.34. The number of likely N-dealkylation sites (N-methyl/N-ethyl adjacent to an activating group) is 1. The van der Waals surface area contributed by atoms with E-state index in [-0.39, 0.29) is 11.6 Å². The molecule has 0 fully saturated rings. The van der Waals surface area contributed by atoms with Crippen LogP contribution in [0.5, 0.6) is 0 Å². The van der Waals surface area contributed by atoms with Gasteiger partial charge in [-0.05, 0) is 26.2 Å². The Morgan fingerprint density at radius 1 is 1.26 bits per heavy atom. The number of carbonyl (C=O) groups is 1. The number of aromatic nitrogens is 2. The fraction of sp³-hybridized carbons (Fsp3) is 0.267. The van der Waals surface area contributed by atoms with Crippen LogP contribution < -0.4 is 10.6 Å². The summed E-state index contributed by atoms with van der Waals surface area (Å²) >= 11 is 12.0. The number of anilines is 2. The summed E-state index contributed by atoms with van der Waals surface area (Å²) in [5, 5.41) is 6.49. The van der Waals surface area contributed by atoms with E-state index in [1.807, 2.05) is 19.0 Å². The second-order valence-electron chi connectivity index (χ2n) is 5.07. The first-order valence-electron chi connectivity index (χ1n) is 6.93. The molecule has 6 nitrogen and oxygen atoms in total. The minimum atomic E-state index is -0.382. The standard InChI is InChI=1S/C15H17Cl2N5O/c1-22(2)7-6-18-13-8-12(19-9-20-13)15(23)21-11-5-3-4-10(16)14(11)17/h3-5,8-9H,6-7H2,1-2H3,(H,21,23)(H,18,19,20). The fourth-order valence-electron chi connectivity index (χ4n) is 1.77. The third-order valence-electron chi connectivity index (χ3n) is 2.96. The summed E-state index contributed by atoms with van der Waals surface area (Å²) in [7, 11) is 3.96. The van der Waals surface area contributed by atoms with E-state index in [4.69, 9.17) is 23.2 Å². The van der Waals surface area contributed by atoms with Gasteiger partial charge in [0.1, 0.15) is 17.8 Å². The summed E-state index contributed by atoms with van der Waals surface area (Å²) in [5.41, 5.74) is 0.674. The van der Waals surface area contributed by atoms with Gasteiger partial charge in [0.25, 0.3) is 5.91 Å². The highest BCUT2D eigenvalue weighted by Gasteiger charge is 2.12. The van der Waals surface area contributed by atoms with Crippen LogP contribution in [-0.4, -0.2) is 48.0 Å². The van der Waals surface area contributed by atoms with Crippen LogP contribution in [0.3, 0.4) is 0 Å². The van der Waals surface area contributed by atoms with Crippen LogP contribution >= 0.6 is 23.2 Å². The van der Waals surface area contributed by atoms with Gasteiger partial charge in [0.15, 0.2) is 0 Å². The molecular formula is C15H17Cl2N5O. The number of hydrogen-bond donors (Lipinski definition) is 2. The summed E-state index contributed by atoms with van der Waals surface area (Å²) < 4.78 is 0. The van der Waals surface area contributed by atoms with Crippen LogP contribution in [0.15, 0.2) is 30.6 Å². The predicted molar refractivity (Wildman–Crippen MR) is 93.5 cm³/mol. The van der Waals surface area contributed by atoms with Crippen molar-refractivity contribution in [3.63, 3.8) is 0 Å². The molecule has 0 saturated carbocycles. The number of hydrogen-bond acceptors (Lipinski definition) is 5. The molecule has 1 amide bonds. The maximum Gasteiger partial charge on any atom is 0.274 e. The van der Waals surface area contributed by atoms with Crippen molar-refractivity contribution in [2.75, 3.05) is 37.8 Å². The first-order chi connectivity index (χ1) is 11.0. The molecule has 2 aromatic rings. The monoisotopic (exact) mass is 353 g/mol. The van der Waals surface area contributed by atoms with Gasteiger partial charge in [0.05, 0.1) is 15.7 Å². The molecule has 1 aromatic heterocycles. The molecule has 23 heavy (non-hydrogen) atoms. The van der Waals surface area contributed by atoms with Crippen LogP contribution in [0, 0.1) is 0 Å². The number of benzene rings is 1. The average Bonchev–Trinajstić information content (AvgIpc) is 2.52. The second-order valence-corrected chi connectivity index (χ2v) is 5.86. The number of amides is 1. The Kier molecular flexibility index (Phi) is 6.15. The Hall–Kier alpha value is -1.89. The molecule has 0 bridgehead atoms. The number of halogens is 2. The molecule has 1 aromatic carbocycles. The topological polar surface area (TPSA) is 70.2 Å². The Labute approximate surface area is 144 Å². The van der Waals surface area contributed by atoms with Gasteiger partial charge in [-0.2, -0.15) is 0 Å². The third kappa shape index (κ3) is 5.06. The van der Waals surface area contributed by atoms with Gasteiger partial charge >= 0.3 is 0 Å². The predicted octanol–water partition coefficient (Wildman–Crippen LogP) is 3.01. The molecule has 1 heterocycles. The average molecular weight is 354 g/mol. The van der Waals surface area contributed by atoms with E-state index in [2.05, 4.69) is 20.6 Å². The minimum absolute atomic E-state index is 0.239. The number of nitrogens with zero attached hydrogens (tertiary/aromatic N) is 3. The number of nitrogens with one attached hydrogen (secondary N) is 2. The molecule has 0 saturated heterocycles. The summed E-state index contributed by atoms with van der Waals surface area (Å²) in [5.74, 6) is 0.205. The Morgan fingerprint density at radius 2 is 2.04 bits per heavy atom. The maximum absolute atomic E-state index is 12.3. The molecule has 8 heteroatoms. The van der Waals surface area contributed by atoms with Crippen molar-refractivity contribution in [1.29, 1.82) is 0 Å². The molecule has 2 rings (SSSR count). The van der Waals surface area contributed by atoms with Crippen molar-refractivity contribution in [2.24, 2.45) is 0 Å². The van der Waals surface area contributed by atoms with Crippen molar-refractivity contribution in [3.8, 4) is 0 Å². The Balaban J connectivity index is 2.06. The fourth-order valence-corrected chi connectivity index (χ4v) is 2.12. The highest BCUT2D eigenvalue weighted by Crippen LogP contribution is 2.29. The van der Waals surface area contributed by atoms with Gasteiger partial charge in [-0.25, -0.2) is 9.97 Å². The van der Waals surface area contributed by atoms with E-state index >= 15 is 0 Å². The van der Waals surface area contributed by atoms with Gasteiger partial charge in [0, 0.05) is 19.2 Å². The molecule has 0 aliphatic heterocycles. The second kappa shape index (κ2) is 8.10. The molecule has 0 unspecified atom stereocenters. The zero-order chi connectivity index (χ0) is 16.8. The molecule has 0 spiro atoms. The Morgan fingerprint density at radius 3 is 2.78 bits per heavy atom. The lowest BCUT2D eigenvalue weighted by atomic mass is 10.3. The minimum Gasteiger partial charge on any atom is -0.369 e. The number of carbonyl (C=O) groups excluding carboxylic acids is 1. The molecule has 0 aliphatic rings. The summed E-state index contributed by atoms with van der Waals surface area (Å²) in [6, 6.07) is 6.61. The molecule has 2 N–H and O–H groups in total. The lowest BCUT2D eigenvalue weighted by Gasteiger charge is -2.11. The van der Waals surface area contributed by atoms with Gasteiger partial charge in [-0.3, -0.25) is 4.79 Å². The Bertz CT molecular complexity index is 693. The van der Waals surface area contributed by atoms with E-state index in [1.165, 1.54) is 6.33 Å². The number of rotatable bonds is 6. The molecular weight excluding hydrogens is 337 g/mol. The van der Waals surface area contributed by atoms with Crippen molar-refractivity contribution < 1.29 is 4.79 Å². The molecule has 0 atom stereocenters. The largest absolute Gasteiger partial charge is 0.369 e. The van der Waals surface area contributed by atoms with Crippen LogP contribution in [0.25, 0.3) is 0 Å². The van der Waals surface area contributed by atoms with Crippen LogP contribution in [-0.2, 0) is 0 Å². The van der Waals surface area contributed by atoms with Crippen LogP contribution in [0.2, 0.25) is 10.0 Å². The SMILES string of the molecule is CN(C)CCNc1cc(C(=O)Nc2cccc(Cl)c2Cl)ncn1.